The lowest BCUT2D eigenvalue weighted by Crippen LogP contribution is -2.62. The highest BCUT2D eigenvalue weighted by Crippen LogP contribution is 2.42. The van der Waals surface area contributed by atoms with Gasteiger partial charge in [0.25, 0.3) is 0 Å². The zero-order valence-corrected chi connectivity index (χ0v) is 12.8. The molecule has 1 fully saturated rings. The van der Waals surface area contributed by atoms with Gasteiger partial charge < -0.3 is 20.1 Å². The van der Waals surface area contributed by atoms with E-state index in [9.17, 15) is 4.79 Å². The summed E-state index contributed by atoms with van der Waals surface area (Å²) in [6, 6.07) is 0.386. The van der Waals surface area contributed by atoms with Crippen LogP contribution in [0.1, 0.15) is 34.1 Å². The topological polar surface area (TPSA) is 59.6 Å². The average Bonchev–Trinajstić information content (AvgIpc) is 2.33. The van der Waals surface area contributed by atoms with Crippen molar-refractivity contribution in [2.45, 2.75) is 52.3 Å². The molecule has 0 spiro atoms. The van der Waals surface area contributed by atoms with Gasteiger partial charge in [0.15, 0.2) is 0 Å². The van der Waals surface area contributed by atoms with Gasteiger partial charge in [-0.05, 0) is 20.3 Å². The number of ether oxygens (including phenoxy) is 2. The van der Waals surface area contributed by atoms with Crippen LogP contribution >= 0.6 is 0 Å². The van der Waals surface area contributed by atoms with Gasteiger partial charge >= 0.3 is 0 Å². The minimum Gasteiger partial charge on any atom is -0.383 e. The van der Waals surface area contributed by atoms with Crippen LogP contribution in [0.25, 0.3) is 0 Å². The zero-order valence-electron chi connectivity index (χ0n) is 12.8. The van der Waals surface area contributed by atoms with E-state index in [4.69, 9.17) is 9.47 Å². The molecular weight excluding hydrogens is 244 g/mol. The largest absolute Gasteiger partial charge is 0.383 e. The van der Waals surface area contributed by atoms with Crippen LogP contribution in [0.15, 0.2) is 0 Å². The normalized spacial score (nSPS) is 26.6. The van der Waals surface area contributed by atoms with Crippen molar-refractivity contribution in [3.8, 4) is 0 Å². The molecule has 0 aliphatic heterocycles. The fourth-order valence-corrected chi connectivity index (χ4v) is 2.55. The lowest BCUT2D eigenvalue weighted by atomic mass is 9.64. The second-order valence-corrected chi connectivity index (χ2v) is 5.86. The van der Waals surface area contributed by atoms with Gasteiger partial charge in [-0.15, -0.1) is 0 Å². The summed E-state index contributed by atoms with van der Waals surface area (Å²) in [4.78, 5) is 11.7. The highest BCUT2D eigenvalue weighted by Gasteiger charge is 2.48. The van der Waals surface area contributed by atoms with E-state index in [-0.39, 0.29) is 17.4 Å². The molecule has 0 heterocycles. The first-order valence-electron chi connectivity index (χ1n) is 7.05. The molecule has 1 aliphatic rings. The number of hydrogen-bond donors (Lipinski definition) is 2. The fourth-order valence-electron chi connectivity index (χ4n) is 2.55. The summed E-state index contributed by atoms with van der Waals surface area (Å²) >= 11 is 0. The lowest BCUT2D eigenvalue weighted by Gasteiger charge is -2.51. The van der Waals surface area contributed by atoms with E-state index in [1.807, 2.05) is 13.8 Å². The minimum absolute atomic E-state index is 0.0141. The Labute approximate surface area is 116 Å². The summed E-state index contributed by atoms with van der Waals surface area (Å²) in [6.07, 6.45) is 1.27. The number of carbonyl (C=O) groups is 1. The van der Waals surface area contributed by atoms with E-state index < -0.39 is 0 Å². The number of rotatable bonds is 8. The highest BCUT2D eigenvalue weighted by atomic mass is 16.5. The third-order valence-corrected chi connectivity index (χ3v) is 3.88. The molecule has 3 unspecified atom stereocenters. The third-order valence-electron chi connectivity index (χ3n) is 3.88. The first kappa shape index (κ1) is 16.4. The predicted octanol–water partition coefficient (Wildman–Crippen LogP) is 0.931. The number of hydrogen-bond acceptors (Lipinski definition) is 4. The van der Waals surface area contributed by atoms with Crippen LogP contribution in [0, 0.1) is 5.41 Å². The van der Waals surface area contributed by atoms with Crippen molar-refractivity contribution >= 4 is 5.91 Å². The Balaban J connectivity index is 2.25. The molecule has 2 N–H and O–H groups in total. The van der Waals surface area contributed by atoms with Gasteiger partial charge in [0.05, 0.1) is 19.3 Å². The third kappa shape index (κ3) is 4.44. The molecule has 3 atom stereocenters. The van der Waals surface area contributed by atoms with Gasteiger partial charge in [0.2, 0.25) is 5.91 Å². The van der Waals surface area contributed by atoms with E-state index >= 15 is 0 Å². The van der Waals surface area contributed by atoms with Crippen LogP contribution in [0.4, 0.5) is 0 Å². The number of carbonyl (C=O) groups excluding carboxylic acids is 1. The van der Waals surface area contributed by atoms with Gasteiger partial charge in [0, 0.05) is 31.2 Å². The summed E-state index contributed by atoms with van der Waals surface area (Å²) in [5.41, 5.74) is 0.0917. The first-order chi connectivity index (χ1) is 8.91. The summed E-state index contributed by atoms with van der Waals surface area (Å²) in [5, 5.41) is 6.20. The van der Waals surface area contributed by atoms with Crippen molar-refractivity contribution in [3.63, 3.8) is 0 Å². The van der Waals surface area contributed by atoms with E-state index in [1.165, 1.54) is 0 Å². The maximum Gasteiger partial charge on any atom is 0.234 e. The maximum atomic E-state index is 11.7. The Kier molecular flexibility index (Phi) is 6.23. The van der Waals surface area contributed by atoms with E-state index in [0.29, 0.717) is 25.3 Å². The summed E-state index contributed by atoms with van der Waals surface area (Å²) in [7, 11) is 1.63. The highest BCUT2D eigenvalue weighted by molar-refractivity contribution is 5.78. The Morgan fingerprint density at radius 1 is 1.47 bits per heavy atom. The number of amides is 1. The van der Waals surface area contributed by atoms with Crippen molar-refractivity contribution < 1.29 is 14.3 Å². The molecule has 1 aliphatic carbocycles. The van der Waals surface area contributed by atoms with E-state index in [0.717, 1.165) is 13.0 Å². The second kappa shape index (κ2) is 7.22. The van der Waals surface area contributed by atoms with Gasteiger partial charge in [-0.3, -0.25) is 4.79 Å². The molecule has 1 amide bonds. The van der Waals surface area contributed by atoms with Crippen molar-refractivity contribution in [1.82, 2.24) is 10.6 Å². The monoisotopic (exact) mass is 272 g/mol. The predicted molar refractivity (Wildman–Crippen MR) is 75.1 cm³/mol. The van der Waals surface area contributed by atoms with E-state index in [2.05, 4.69) is 24.5 Å². The molecule has 0 aromatic rings. The molecule has 0 bridgehead atoms. The Morgan fingerprint density at radius 3 is 2.68 bits per heavy atom. The Hall–Kier alpha value is -0.650. The van der Waals surface area contributed by atoms with Gasteiger partial charge in [-0.25, -0.2) is 0 Å². The summed E-state index contributed by atoms with van der Waals surface area (Å²) in [5.74, 6) is 0.0141. The summed E-state index contributed by atoms with van der Waals surface area (Å²) < 4.78 is 10.7. The van der Waals surface area contributed by atoms with Crippen molar-refractivity contribution in [3.05, 3.63) is 0 Å². The molecule has 1 rings (SSSR count). The molecule has 0 saturated heterocycles. The SMILES string of the molecule is CCOC1CC(NCC(=O)NC(C)COC)C1(C)C. The van der Waals surface area contributed by atoms with Crippen LogP contribution < -0.4 is 10.6 Å². The van der Waals surface area contributed by atoms with Crippen LogP contribution in [-0.2, 0) is 14.3 Å². The maximum absolute atomic E-state index is 11.7. The first-order valence-corrected chi connectivity index (χ1v) is 7.05. The smallest absolute Gasteiger partial charge is 0.234 e. The van der Waals surface area contributed by atoms with Crippen LogP contribution in [0.3, 0.4) is 0 Å². The van der Waals surface area contributed by atoms with Gasteiger partial charge in [-0.2, -0.15) is 0 Å². The molecule has 5 nitrogen and oxygen atoms in total. The Morgan fingerprint density at radius 2 is 2.16 bits per heavy atom. The molecule has 19 heavy (non-hydrogen) atoms. The van der Waals surface area contributed by atoms with Gasteiger partial charge in [-0.1, -0.05) is 13.8 Å². The van der Waals surface area contributed by atoms with Crippen LogP contribution in [-0.4, -0.2) is 51.0 Å². The molecule has 5 heteroatoms. The van der Waals surface area contributed by atoms with Crippen LogP contribution in [0.5, 0.6) is 0 Å². The van der Waals surface area contributed by atoms with Crippen molar-refractivity contribution in [2.75, 3.05) is 26.9 Å². The molecule has 0 aromatic carbocycles. The van der Waals surface area contributed by atoms with Crippen molar-refractivity contribution in [2.24, 2.45) is 5.41 Å². The van der Waals surface area contributed by atoms with E-state index in [1.54, 1.807) is 7.11 Å². The number of nitrogens with one attached hydrogen (secondary N) is 2. The average molecular weight is 272 g/mol. The second-order valence-electron chi connectivity index (χ2n) is 5.86. The standard InChI is InChI=1S/C14H28N2O3/c1-6-19-12-7-11(14(12,3)4)15-8-13(17)16-10(2)9-18-5/h10-12,15H,6-9H2,1-5H3,(H,16,17). The van der Waals surface area contributed by atoms with Crippen molar-refractivity contribution in [1.29, 1.82) is 0 Å². The molecule has 0 radical (unpaired) electrons. The quantitative estimate of drug-likeness (QED) is 0.690. The zero-order chi connectivity index (χ0) is 14.5. The molecule has 0 aromatic heterocycles. The summed E-state index contributed by atoms with van der Waals surface area (Å²) in [6.45, 7) is 9.94. The molecule has 1 saturated carbocycles. The Bertz CT molecular complexity index is 294. The number of methoxy groups -OCH3 is 1. The molecular formula is C14H28N2O3. The van der Waals surface area contributed by atoms with Gasteiger partial charge in [0.1, 0.15) is 0 Å². The van der Waals surface area contributed by atoms with Crippen LogP contribution in [0.2, 0.25) is 0 Å². The fraction of sp³-hybridized carbons (Fsp3) is 0.929. The molecule has 112 valence electrons. The minimum atomic E-state index is 0.0141. The lowest BCUT2D eigenvalue weighted by molar-refractivity contribution is -0.127.